The first-order chi connectivity index (χ1) is 9.09. The Labute approximate surface area is 120 Å². The first kappa shape index (κ1) is 14.5. The molecule has 2 rings (SSSR count). The maximum Gasteiger partial charge on any atom is 0.254 e. The molecule has 1 aromatic rings. The Morgan fingerprint density at radius 1 is 1.58 bits per heavy atom. The van der Waals surface area contributed by atoms with Crippen LogP contribution in [0, 0.1) is 11.7 Å². The average molecular weight is 330 g/mol. The summed E-state index contributed by atoms with van der Waals surface area (Å²) in [5, 5.41) is 0. The van der Waals surface area contributed by atoms with Crippen molar-refractivity contribution in [2.24, 2.45) is 5.92 Å². The van der Waals surface area contributed by atoms with Crippen LogP contribution in [0.3, 0.4) is 0 Å². The van der Waals surface area contributed by atoms with Crippen molar-refractivity contribution < 1.29 is 13.9 Å². The molecule has 19 heavy (non-hydrogen) atoms. The van der Waals surface area contributed by atoms with Crippen molar-refractivity contribution in [1.29, 1.82) is 0 Å². The van der Waals surface area contributed by atoms with Crippen LogP contribution in [0.25, 0.3) is 0 Å². The van der Waals surface area contributed by atoms with Gasteiger partial charge in [0.25, 0.3) is 5.91 Å². The van der Waals surface area contributed by atoms with E-state index in [0.29, 0.717) is 24.6 Å². The van der Waals surface area contributed by atoms with E-state index >= 15 is 0 Å². The third kappa shape index (κ3) is 3.54. The molecule has 0 radical (unpaired) electrons. The van der Waals surface area contributed by atoms with Crippen LogP contribution < -0.4 is 0 Å². The lowest BCUT2D eigenvalue weighted by Crippen LogP contribution is -2.35. The van der Waals surface area contributed by atoms with Crippen LogP contribution in [0.5, 0.6) is 0 Å². The van der Waals surface area contributed by atoms with Gasteiger partial charge in [-0.1, -0.05) is 6.07 Å². The molecule has 1 fully saturated rings. The number of halogens is 2. The van der Waals surface area contributed by atoms with E-state index in [1.165, 1.54) is 6.07 Å². The van der Waals surface area contributed by atoms with E-state index in [1.54, 1.807) is 24.1 Å². The Bertz CT molecular complexity index is 461. The van der Waals surface area contributed by atoms with Gasteiger partial charge in [0.1, 0.15) is 5.82 Å². The summed E-state index contributed by atoms with van der Waals surface area (Å²) in [6, 6.07) is 4.50. The fourth-order valence-corrected chi connectivity index (χ4v) is 2.73. The van der Waals surface area contributed by atoms with Gasteiger partial charge in [0.05, 0.1) is 16.6 Å². The van der Waals surface area contributed by atoms with Gasteiger partial charge in [-0.2, -0.15) is 0 Å². The summed E-state index contributed by atoms with van der Waals surface area (Å²) in [6.07, 6.45) is 2.11. The molecular weight excluding hydrogens is 313 g/mol. The summed E-state index contributed by atoms with van der Waals surface area (Å²) in [7, 11) is 1.74. The minimum atomic E-state index is -0.416. The molecule has 0 spiro atoms. The highest BCUT2D eigenvalue weighted by Crippen LogP contribution is 2.22. The molecule has 0 N–H and O–H groups in total. The van der Waals surface area contributed by atoms with E-state index in [0.717, 1.165) is 19.4 Å². The van der Waals surface area contributed by atoms with Crippen LogP contribution in [0.4, 0.5) is 4.39 Å². The number of nitrogens with zero attached hydrogens (tertiary/aromatic N) is 1. The van der Waals surface area contributed by atoms with E-state index in [4.69, 9.17) is 4.74 Å². The van der Waals surface area contributed by atoms with Crippen molar-refractivity contribution in [2.75, 3.05) is 26.8 Å². The number of benzene rings is 1. The molecule has 5 heteroatoms. The zero-order valence-electron chi connectivity index (χ0n) is 10.9. The third-order valence-corrected chi connectivity index (χ3v) is 4.12. The fourth-order valence-electron chi connectivity index (χ4n) is 2.30. The highest BCUT2D eigenvalue weighted by molar-refractivity contribution is 9.10. The molecule has 1 aliphatic heterocycles. The molecule has 0 saturated carbocycles. The zero-order valence-corrected chi connectivity index (χ0v) is 12.5. The zero-order chi connectivity index (χ0) is 13.8. The second-order valence-corrected chi connectivity index (χ2v) is 5.66. The Morgan fingerprint density at radius 2 is 2.37 bits per heavy atom. The van der Waals surface area contributed by atoms with Crippen LogP contribution >= 0.6 is 15.9 Å². The first-order valence-corrected chi connectivity index (χ1v) is 7.16. The largest absolute Gasteiger partial charge is 0.381 e. The molecular formula is C14H17BrFNO2. The van der Waals surface area contributed by atoms with E-state index < -0.39 is 5.82 Å². The minimum Gasteiger partial charge on any atom is -0.381 e. The standard InChI is InChI=1S/C14H17BrFNO2/c1-17(8-10-4-3-7-19-9-10)14(18)11-5-2-6-12(16)13(11)15/h2,5-6,10H,3-4,7-9H2,1H3. The molecule has 1 atom stereocenters. The highest BCUT2D eigenvalue weighted by atomic mass is 79.9. The van der Waals surface area contributed by atoms with Crippen molar-refractivity contribution in [1.82, 2.24) is 4.90 Å². The van der Waals surface area contributed by atoms with Gasteiger partial charge in [0.2, 0.25) is 0 Å². The van der Waals surface area contributed by atoms with Crippen LogP contribution in [0.1, 0.15) is 23.2 Å². The summed E-state index contributed by atoms with van der Waals surface area (Å²) >= 11 is 3.13. The molecule has 3 nitrogen and oxygen atoms in total. The molecule has 0 aliphatic carbocycles. The molecule has 1 saturated heterocycles. The van der Waals surface area contributed by atoms with Gasteiger partial charge in [0, 0.05) is 20.2 Å². The monoisotopic (exact) mass is 329 g/mol. The van der Waals surface area contributed by atoms with Gasteiger partial charge in [-0.15, -0.1) is 0 Å². The van der Waals surface area contributed by atoms with Gasteiger partial charge in [-0.3, -0.25) is 4.79 Å². The second kappa shape index (κ2) is 6.48. The Balaban J connectivity index is 2.03. The predicted octanol–water partition coefficient (Wildman–Crippen LogP) is 3.09. The van der Waals surface area contributed by atoms with Gasteiger partial charge in [-0.25, -0.2) is 4.39 Å². The van der Waals surface area contributed by atoms with Crippen LogP contribution in [0.15, 0.2) is 22.7 Å². The molecule has 1 amide bonds. The lowest BCUT2D eigenvalue weighted by atomic mass is 10.0. The van der Waals surface area contributed by atoms with Gasteiger partial charge >= 0.3 is 0 Å². The molecule has 1 unspecified atom stereocenters. The Morgan fingerprint density at radius 3 is 3.05 bits per heavy atom. The van der Waals surface area contributed by atoms with E-state index in [9.17, 15) is 9.18 Å². The highest BCUT2D eigenvalue weighted by Gasteiger charge is 2.21. The fraction of sp³-hybridized carbons (Fsp3) is 0.500. The van der Waals surface area contributed by atoms with Gasteiger partial charge in [-0.05, 0) is 46.8 Å². The molecule has 104 valence electrons. The van der Waals surface area contributed by atoms with Crippen molar-refractivity contribution >= 4 is 21.8 Å². The molecule has 1 aromatic carbocycles. The Kier molecular flexibility index (Phi) is 4.93. The summed E-state index contributed by atoms with van der Waals surface area (Å²) in [5.74, 6) is -0.216. The number of carbonyl (C=O) groups is 1. The third-order valence-electron chi connectivity index (χ3n) is 3.32. The molecule has 1 heterocycles. The van der Waals surface area contributed by atoms with Crippen LogP contribution in [-0.2, 0) is 4.74 Å². The first-order valence-electron chi connectivity index (χ1n) is 6.37. The minimum absolute atomic E-state index is 0.169. The summed E-state index contributed by atoms with van der Waals surface area (Å²) in [6.45, 7) is 2.15. The number of rotatable bonds is 3. The number of hydrogen-bond donors (Lipinski definition) is 0. The summed E-state index contributed by atoms with van der Waals surface area (Å²) in [5.41, 5.74) is 0.360. The van der Waals surface area contributed by atoms with Crippen LogP contribution in [-0.4, -0.2) is 37.6 Å². The van der Waals surface area contributed by atoms with E-state index in [1.807, 2.05) is 0 Å². The maximum absolute atomic E-state index is 13.4. The quantitative estimate of drug-likeness (QED) is 0.852. The molecule has 1 aliphatic rings. The van der Waals surface area contributed by atoms with Gasteiger partial charge in [0.15, 0.2) is 0 Å². The van der Waals surface area contributed by atoms with Crippen molar-refractivity contribution in [3.05, 3.63) is 34.1 Å². The maximum atomic E-state index is 13.4. The smallest absolute Gasteiger partial charge is 0.254 e. The lowest BCUT2D eigenvalue weighted by Gasteiger charge is -2.27. The number of amides is 1. The summed E-state index contributed by atoms with van der Waals surface area (Å²) < 4.78 is 19.1. The lowest BCUT2D eigenvalue weighted by molar-refractivity contribution is 0.0388. The Hall–Kier alpha value is -0.940. The second-order valence-electron chi connectivity index (χ2n) is 4.87. The number of carbonyl (C=O) groups excluding carboxylic acids is 1. The van der Waals surface area contributed by atoms with E-state index in [-0.39, 0.29) is 10.4 Å². The van der Waals surface area contributed by atoms with Crippen molar-refractivity contribution in [3.63, 3.8) is 0 Å². The average Bonchev–Trinajstić information content (AvgIpc) is 2.42. The van der Waals surface area contributed by atoms with Crippen LogP contribution in [0.2, 0.25) is 0 Å². The molecule has 0 aromatic heterocycles. The van der Waals surface area contributed by atoms with Crippen molar-refractivity contribution in [3.8, 4) is 0 Å². The SMILES string of the molecule is CN(CC1CCCOC1)C(=O)c1cccc(F)c1Br. The number of ether oxygens (including phenoxy) is 1. The van der Waals surface area contributed by atoms with E-state index in [2.05, 4.69) is 15.9 Å². The predicted molar refractivity (Wildman–Crippen MR) is 74.6 cm³/mol. The summed E-state index contributed by atoms with van der Waals surface area (Å²) in [4.78, 5) is 13.9. The van der Waals surface area contributed by atoms with Crippen molar-refractivity contribution in [2.45, 2.75) is 12.8 Å². The normalized spacial score (nSPS) is 19.2. The topological polar surface area (TPSA) is 29.5 Å². The van der Waals surface area contributed by atoms with Gasteiger partial charge < -0.3 is 9.64 Å². The number of hydrogen-bond acceptors (Lipinski definition) is 2. The molecule has 0 bridgehead atoms.